The zero-order valence-corrected chi connectivity index (χ0v) is 15.6. The summed E-state index contributed by atoms with van der Waals surface area (Å²) in [5.74, 6) is 2.46. The van der Waals surface area contributed by atoms with E-state index in [9.17, 15) is 0 Å². The molecule has 1 aliphatic heterocycles. The summed E-state index contributed by atoms with van der Waals surface area (Å²) in [6, 6.07) is 10.2. The minimum Gasteiger partial charge on any atom is -0.496 e. The first-order valence-electron chi connectivity index (χ1n) is 9.20. The largest absolute Gasteiger partial charge is 0.496 e. The van der Waals surface area contributed by atoms with Gasteiger partial charge in [0.25, 0.3) is 0 Å². The lowest BCUT2D eigenvalue weighted by molar-refractivity contribution is 0.413. The number of rotatable bonds is 5. The van der Waals surface area contributed by atoms with Crippen LogP contribution >= 0.6 is 0 Å². The van der Waals surface area contributed by atoms with Crippen molar-refractivity contribution in [3.05, 3.63) is 47.9 Å². The molecule has 1 aromatic carbocycles. The Morgan fingerprint density at radius 3 is 2.86 bits per heavy atom. The highest BCUT2D eigenvalue weighted by molar-refractivity contribution is 5.71. The Balaban J connectivity index is 1.54. The van der Waals surface area contributed by atoms with Gasteiger partial charge >= 0.3 is 0 Å². The number of nitrogens with zero attached hydrogens (tertiary/aromatic N) is 4. The molecule has 3 aromatic rings. The van der Waals surface area contributed by atoms with E-state index in [1.165, 1.54) is 30.8 Å². The summed E-state index contributed by atoms with van der Waals surface area (Å²) in [7, 11) is 1.68. The number of H-pyrrole nitrogens is 1. The molecule has 1 atom stereocenters. The molecule has 1 aliphatic rings. The fraction of sp³-hybridized carbons (Fsp3) is 0.300. The number of methoxy groups -OCH3 is 1. The van der Waals surface area contributed by atoms with Crippen molar-refractivity contribution < 1.29 is 4.74 Å². The molecule has 1 unspecified atom stereocenters. The highest BCUT2D eigenvalue weighted by Crippen LogP contribution is 2.34. The average molecular weight is 375 g/mol. The van der Waals surface area contributed by atoms with Gasteiger partial charge in [0, 0.05) is 18.2 Å². The monoisotopic (exact) mass is 375 g/mol. The van der Waals surface area contributed by atoms with Gasteiger partial charge in [0.15, 0.2) is 11.5 Å². The van der Waals surface area contributed by atoms with Crippen LogP contribution < -0.4 is 15.4 Å². The first kappa shape index (κ1) is 17.9. The number of hydrogen-bond acceptors (Lipinski definition) is 7. The van der Waals surface area contributed by atoms with Gasteiger partial charge in [-0.1, -0.05) is 6.07 Å². The van der Waals surface area contributed by atoms with E-state index in [2.05, 4.69) is 49.0 Å². The summed E-state index contributed by atoms with van der Waals surface area (Å²) < 4.78 is 5.64. The molecule has 0 spiro atoms. The van der Waals surface area contributed by atoms with E-state index in [0.717, 1.165) is 30.1 Å². The Morgan fingerprint density at radius 2 is 2.14 bits per heavy atom. The molecule has 3 heterocycles. The molecular weight excluding hydrogens is 354 g/mol. The number of nitriles is 1. The van der Waals surface area contributed by atoms with E-state index in [-0.39, 0.29) is 5.69 Å². The van der Waals surface area contributed by atoms with Crippen LogP contribution in [0.3, 0.4) is 0 Å². The maximum absolute atomic E-state index is 8.79. The minimum atomic E-state index is 0.270. The number of piperidine rings is 1. The van der Waals surface area contributed by atoms with Crippen molar-refractivity contribution in [3.8, 4) is 23.1 Å². The molecule has 8 heteroatoms. The van der Waals surface area contributed by atoms with Crippen LogP contribution in [0, 0.1) is 11.3 Å². The van der Waals surface area contributed by atoms with Gasteiger partial charge in [-0.15, -0.1) is 0 Å². The van der Waals surface area contributed by atoms with Crippen molar-refractivity contribution in [1.82, 2.24) is 25.5 Å². The highest BCUT2D eigenvalue weighted by atomic mass is 16.5. The number of nitrogens with one attached hydrogen (secondary N) is 3. The summed E-state index contributed by atoms with van der Waals surface area (Å²) in [5, 5.41) is 22.6. The molecule has 1 fully saturated rings. The van der Waals surface area contributed by atoms with E-state index >= 15 is 0 Å². The Hall–Kier alpha value is -3.44. The third-order valence-corrected chi connectivity index (χ3v) is 4.88. The lowest BCUT2D eigenvalue weighted by Crippen LogP contribution is -2.28. The second-order valence-electron chi connectivity index (χ2n) is 6.69. The summed E-state index contributed by atoms with van der Waals surface area (Å²) in [4.78, 5) is 8.13. The Labute approximate surface area is 163 Å². The van der Waals surface area contributed by atoms with Gasteiger partial charge in [0.2, 0.25) is 0 Å². The molecule has 0 radical (unpaired) electrons. The SMILES string of the molecule is COc1cc(C2CCCNC2)ccc1-c1cc(Nc2cnc(C#N)cn2)n[nH]1. The van der Waals surface area contributed by atoms with E-state index in [1.807, 2.05) is 12.1 Å². The van der Waals surface area contributed by atoms with Crippen molar-refractivity contribution in [2.24, 2.45) is 0 Å². The van der Waals surface area contributed by atoms with Crippen LogP contribution in [0.1, 0.15) is 30.0 Å². The number of aromatic nitrogens is 4. The smallest absolute Gasteiger partial charge is 0.158 e. The molecule has 0 amide bonds. The highest BCUT2D eigenvalue weighted by Gasteiger charge is 2.18. The first-order chi connectivity index (χ1) is 13.8. The summed E-state index contributed by atoms with van der Waals surface area (Å²) >= 11 is 0. The molecular formula is C20H21N7O. The molecule has 4 rings (SSSR count). The van der Waals surface area contributed by atoms with Gasteiger partial charge in [0.1, 0.15) is 17.6 Å². The van der Waals surface area contributed by atoms with Crippen LogP contribution in [-0.4, -0.2) is 40.4 Å². The van der Waals surface area contributed by atoms with E-state index < -0.39 is 0 Å². The zero-order valence-electron chi connectivity index (χ0n) is 15.6. The lowest BCUT2D eigenvalue weighted by atomic mass is 9.90. The van der Waals surface area contributed by atoms with Crippen LogP contribution in [0.4, 0.5) is 11.6 Å². The molecule has 0 aliphatic carbocycles. The van der Waals surface area contributed by atoms with Crippen molar-refractivity contribution in [2.45, 2.75) is 18.8 Å². The maximum atomic E-state index is 8.79. The second kappa shape index (κ2) is 8.06. The third kappa shape index (κ3) is 3.80. The van der Waals surface area contributed by atoms with Gasteiger partial charge in [-0.25, -0.2) is 9.97 Å². The topological polar surface area (TPSA) is 112 Å². The first-order valence-corrected chi connectivity index (χ1v) is 9.20. The predicted octanol–water partition coefficient (Wildman–Crippen LogP) is 2.96. The van der Waals surface area contributed by atoms with Crippen molar-refractivity contribution >= 4 is 11.6 Å². The quantitative estimate of drug-likeness (QED) is 0.628. The molecule has 1 saturated heterocycles. The summed E-state index contributed by atoms with van der Waals surface area (Å²) in [5.41, 5.74) is 3.35. The number of benzene rings is 1. The van der Waals surface area contributed by atoms with Gasteiger partial charge < -0.3 is 15.4 Å². The normalized spacial score (nSPS) is 16.4. The minimum absolute atomic E-state index is 0.270. The van der Waals surface area contributed by atoms with Crippen LogP contribution in [0.5, 0.6) is 5.75 Å². The molecule has 8 nitrogen and oxygen atoms in total. The van der Waals surface area contributed by atoms with Gasteiger partial charge in [0.05, 0.1) is 25.2 Å². The maximum Gasteiger partial charge on any atom is 0.158 e. The summed E-state index contributed by atoms with van der Waals surface area (Å²) in [6.07, 6.45) is 5.31. The van der Waals surface area contributed by atoms with E-state index in [1.54, 1.807) is 7.11 Å². The number of aromatic amines is 1. The lowest BCUT2D eigenvalue weighted by Gasteiger charge is -2.23. The van der Waals surface area contributed by atoms with Crippen molar-refractivity contribution in [2.75, 3.05) is 25.5 Å². The fourth-order valence-corrected chi connectivity index (χ4v) is 3.43. The van der Waals surface area contributed by atoms with Crippen molar-refractivity contribution in [3.63, 3.8) is 0 Å². The molecule has 0 bridgehead atoms. The number of anilines is 2. The number of ether oxygens (including phenoxy) is 1. The molecule has 142 valence electrons. The average Bonchev–Trinajstić information content (AvgIpc) is 3.22. The Bertz CT molecular complexity index is 985. The van der Waals surface area contributed by atoms with Gasteiger partial charge in [-0.3, -0.25) is 5.10 Å². The number of hydrogen-bond donors (Lipinski definition) is 3. The Morgan fingerprint density at radius 1 is 1.21 bits per heavy atom. The van der Waals surface area contributed by atoms with Crippen LogP contribution in [-0.2, 0) is 0 Å². The summed E-state index contributed by atoms with van der Waals surface area (Å²) in [6.45, 7) is 2.10. The molecule has 0 saturated carbocycles. The third-order valence-electron chi connectivity index (χ3n) is 4.88. The molecule has 2 aromatic heterocycles. The Kier molecular flexibility index (Phi) is 5.17. The predicted molar refractivity (Wildman–Crippen MR) is 105 cm³/mol. The molecule has 28 heavy (non-hydrogen) atoms. The second-order valence-corrected chi connectivity index (χ2v) is 6.69. The van der Waals surface area contributed by atoms with Crippen molar-refractivity contribution in [1.29, 1.82) is 5.26 Å². The standard InChI is InChI=1S/C20H21N7O/c1-28-18-7-13(14-3-2-6-22-10-14)4-5-16(18)17-8-19(27-26-17)25-20-12-23-15(9-21)11-24-20/h4-5,7-8,11-12,14,22H,2-3,6,10H2,1H3,(H2,24,25,26,27). The van der Waals surface area contributed by atoms with Gasteiger partial charge in [-0.05, 0) is 43.0 Å². The zero-order chi connectivity index (χ0) is 19.3. The van der Waals surface area contributed by atoms with Crippen LogP contribution in [0.15, 0.2) is 36.7 Å². The van der Waals surface area contributed by atoms with Gasteiger partial charge in [-0.2, -0.15) is 10.4 Å². The molecule has 3 N–H and O–H groups in total. The van der Waals surface area contributed by atoms with E-state index in [4.69, 9.17) is 10.00 Å². The van der Waals surface area contributed by atoms with Crippen LogP contribution in [0.25, 0.3) is 11.3 Å². The van der Waals surface area contributed by atoms with Crippen LogP contribution in [0.2, 0.25) is 0 Å². The van der Waals surface area contributed by atoms with E-state index in [0.29, 0.717) is 17.6 Å². The fourth-order valence-electron chi connectivity index (χ4n) is 3.43.